The van der Waals surface area contributed by atoms with Crippen molar-refractivity contribution in [2.45, 2.75) is 6.42 Å². The normalized spacial score (nSPS) is 9.30. The molecular weight excluding hydrogens is 128 g/mol. The molecule has 58 valence electrons. The van der Waals surface area contributed by atoms with Crippen LogP contribution in [-0.4, -0.2) is 25.4 Å². The molecule has 3 N–H and O–H groups in total. The van der Waals surface area contributed by atoms with Gasteiger partial charge in [-0.3, -0.25) is 4.79 Å². The average Bonchev–Trinajstić information content (AvgIpc) is 1.98. The van der Waals surface area contributed by atoms with Crippen molar-refractivity contribution in [2.24, 2.45) is 5.73 Å². The number of allylic oxidation sites excluding steroid dienone is 1. The van der Waals surface area contributed by atoms with Gasteiger partial charge in [-0.05, 0) is 6.08 Å². The molecule has 0 saturated heterocycles. The summed E-state index contributed by atoms with van der Waals surface area (Å²) in [5, 5.41) is 3.01. The number of ketones is 1. The summed E-state index contributed by atoms with van der Waals surface area (Å²) in [6, 6.07) is 0. The highest BCUT2D eigenvalue weighted by Crippen LogP contribution is 1.79. The molecule has 0 aromatic rings. The number of hydrogen-bond donors (Lipinski definition) is 2. The Bertz CT molecular complexity index is 112. The second-order valence-electron chi connectivity index (χ2n) is 1.96. The lowest BCUT2D eigenvalue weighted by Gasteiger charge is -1.98. The smallest absolute Gasteiger partial charge is 0.156 e. The third kappa shape index (κ3) is 5.47. The van der Waals surface area contributed by atoms with Gasteiger partial charge in [0.2, 0.25) is 0 Å². The van der Waals surface area contributed by atoms with Crippen molar-refractivity contribution in [2.75, 3.05) is 19.6 Å². The van der Waals surface area contributed by atoms with E-state index in [1.807, 2.05) is 0 Å². The molecule has 3 nitrogen and oxygen atoms in total. The van der Waals surface area contributed by atoms with Crippen molar-refractivity contribution in [3.8, 4) is 0 Å². The van der Waals surface area contributed by atoms with E-state index in [9.17, 15) is 4.79 Å². The van der Waals surface area contributed by atoms with Crippen LogP contribution in [0, 0.1) is 0 Å². The molecule has 0 aliphatic carbocycles. The first-order chi connectivity index (χ1) is 4.81. The second-order valence-corrected chi connectivity index (χ2v) is 1.96. The molecule has 0 heterocycles. The van der Waals surface area contributed by atoms with Crippen molar-refractivity contribution in [1.82, 2.24) is 5.32 Å². The maximum atomic E-state index is 10.6. The van der Waals surface area contributed by atoms with Crippen LogP contribution in [0.3, 0.4) is 0 Å². The highest BCUT2D eigenvalue weighted by Gasteiger charge is 1.92. The maximum absolute atomic E-state index is 10.6. The third-order valence-corrected chi connectivity index (χ3v) is 1.10. The van der Waals surface area contributed by atoms with E-state index in [1.165, 1.54) is 6.08 Å². The van der Waals surface area contributed by atoms with E-state index in [0.717, 1.165) is 6.54 Å². The zero-order valence-corrected chi connectivity index (χ0v) is 6.10. The van der Waals surface area contributed by atoms with E-state index >= 15 is 0 Å². The molecule has 0 atom stereocenters. The van der Waals surface area contributed by atoms with Crippen LogP contribution in [0.5, 0.6) is 0 Å². The molecular formula is C7H14N2O. The van der Waals surface area contributed by atoms with E-state index < -0.39 is 0 Å². The highest BCUT2D eigenvalue weighted by molar-refractivity contribution is 5.89. The van der Waals surface area contributed by atoms with E-state index in [2.05, 4.69) is 11.9 Å². The summed E-state index contributed by atoms with van der Waals surface area (Å²) in [6.07, 6.45) is 1.85. The lowest BCUT2D eigenvalue weighted by atomic mass is 10.3. The average molecular weight is 142 g/mol. The van der Waals surface area contributed by atoms with Crippen LogP contribution in [0.4, 0.5) is 0 Å². The third-order valence-electron chi connectivity index (χ3n) is 1.10. The number of rotatable bonds is 6. The lowest BCUT2D eigenvalue weighted by molar-refractivity contribution is -0.114. The maximum Gasteiger partial charge on any atom is 0.156 e. The molecule has 0 unspecified atom stereocenters. The molecule has 0 amide bonds. The first kappa shape index (κ1) is 9.33. The molecule has 10 heavy (non-hydrogen) atoms. The zero-order valence-electron chi connectivity index (χ0n) is 6.10. The lowest BCUT2D eigenvalue weighted by Crippen LogP contribution is -2.24. The molecule has 3 heteroatoms. The van der Waals surface area contributed by atoms with Gasteiger partial charge >= 0.3 is 0 Å². The summed E-state index contributed by atoms with van der Waals surface area (Å²) in [5.41, 5.74) is 5.21. The molecule has 0 aromatic heterocycles. The fraction of sp³-hybridized carbons (Fsp3) is 0.571. The molecule has 0 radical (unpaired) electrons. The Morgan fingerprint density at radius 1 is 1.60 bits per heavy atom. The monoisotopic (exact) mass is 142 g/mol. The Labute approximate surface area is 61.3 Å². The first-order valence-electron chi connectivity index (χ1n) is 3.37. The molecule has 0 rings (SSSR count). The first-order valence-corrected chi connectivity index (χ1v) is 3.37. The van der Waals surface area contributed by atoms with Crippen molar-refractivity contribution in [3.63, 3.8) is 0 Å². The number of nitrogens with one attached hydrogen (secondary N) is 1. The van der Waals surface area contributed by atoms with Crippen LogP contribution in [-0.2, 0) is 4.79 Å². The Balaban J connectivity index is 3.03. The largest absolute Gasteiger partial charge is 0.329 e. The summed E-state index contributed by atoms with van der Waals surface area (Å²) in [7, 11) is 0. The van der Waals surface area contributed by atoms with Gasteiger partial charge in [-0.1, -0.05) is 6.58 Å². The van der Waals surface area contributed by atoms with Gasteiger partial charge in [0.25, 0.3) is 0 Å². The Morgan fingerprint density at radius 3 is 2.80 bits per heavy atom. The molecule has 0 aliphatic heterocycles. The van der Waals surface area contributed by atoms with Crippen molar-refractivity contribution < 1.29 is 4.79 Å². The summed E-state index contributed by atoms with van der Waals surface area (Å²) in [5.74, 6) is 0.0736. The van der Waals surface area contributed by atoms with E-state index in [4.69, 9.17) is 5.73 Å². The molecule has 0 saturated carbocycles. The van der Waals surface area contributed by atoms with Gasteiger partial charge in [0.05, 0.1) is 0 Å². The molecule has 0 aromatic carbocycles. The molecule has 0 aliphatic rings. The second kappa shape index (κ2) is 6.45. The fourth-order valence-electron chi connectivity index (χ4n) is 0.541. The highest BCUT2D eigenvalue weighted by atomic mass is 16.1. The molecule has 0 fully saturated rings. The van der Waals surface area contributed by atoms with Gasteiger partial charge in [-0.15, -0.1) is 0 Å². The van der Waals surface area contributed by atoms with Gasteiger partial charge in [0.1, 0.15) is 0 Å². The van der Waals surface area contributed by atoms with Crippen LogP contribution in [0.1, 0.15) is 6.42 Å². The standard InChI is InChI=1S/C7H14N2O/c1-2-7(10)3-5-9-6-4-8/h2,9H,1,3-6,8H2. The summed E-state index contributed by atoms with van der Waals surface area (Å²) >= 11 is 0. The Hall–Kier alpha value is -0.670. The van der Waals surface area contributed by atoms with Crippen LogP contribution in [0.15, 0.2) is 12.7 Å². The number of carbonyl (C=O) groups is 1. The van der Waals surface area contributed by atoms with Crippen LogP contribution >= 0.6 is 0 Å². The Morgan fingerprint density at radius 2 is 2.30 bits per heavy atom. The van der Waals surface area contributed by atoms with Gasteiger partial charge in [-0.25, -0.2) is 0 Å². The van der Waals surface area contributed by atoms with Crippen molar-refractivity contribution >= 4 is 5.78 Å². The quantitative estimate of drug-likeness (QED) is 0.395. The van der Waals surface area contributed by atoms with E-state index in [1.54, 1.807) is 0 Å². The number of hydrogen-bond acceptors (Lipinski definition) is 3. The zero-order chi connectivity index (χ0) is 7.82. The van der Waals surface area contributed by atoms with Crippen LogP contribution in [0.2, 0.25) is 0 Å². The summed E-state index contributed by atoms with van der Waals surface area (Å²) in [6.45, 7) is 5.44. The minimum absolute atomic E-state index is 0.0736. The summed E-state index contributed by atoms with van der Waals surface area (Å²) in [4.78, 5) is 10.6. The van der Waals surface area contributed by atoms with E-state index in [-0.39, 0.29) is 5.78 Å². The molecule has 0 bridgehead atoms. The van der Waals surface area contributed by atoms with E-state index in [0.29, 0.717) is 19.5 Å². The number of nitrogens with two attached hydrogens (primary N) is 1. The minimum atomic E-state index is 0.0736. The number of carbonyl (C=O) groups excluding carboxylic acids is 1. The van der Waals surface area contributed by atoms with Crippen molar-refractivity contribution in [3.05, 3.63) is 12.7 Å². The predicted molar refractivity (Wildman–Crippen MR) is 41.7 cm³/mol. The van der Waals surface area contributed by atoms with Gasteiger partial charge < -0.3 is 11.1 Å². The van der Waals surface area contributed by atoms with Crippen LogP contribution < -0.4 is 11.1 Å². The van der Waals surface area contributed by atoms with Crippen LogP contribution in [0.25, 0.3) is 0 Å². The van der Waals surface area contributed by atoms with Crippen molar-refractivity contribution in [1.29, 1.82) is 0 Å². The molecule has 0 spiro atoms. The fourth-order valence-corrected chi connectivity index (χ4v) is 0.541. The topological polar surface area (TPSA) is 55.1 Å². The van der Waals surface area contributed by atoms with Gasteiger partial charge in [-0.2, -0.15) is 0 Å². The minimum Gasteiger partial charge on any atom is -0.329 e. The van der Waals surface area contributed by atoms with Gasteiger partial charge in [0.15, 0.2) is 5.78 Å². The predicted octanol–water partition coefficient (Wildman–Crippen LogP) is -0.320. The van der Waals surface area contributed by atoms with Gasteiger partial charge in [0, 0.05) is 26.1 Å². The SMILES string of the molecule is C=CC(=O)CCNCCN. The summed E-state index contributed by atoms with van der Waals surface area (Å²) < 4.78 is 0. The Kier molecular flexibility index (Phi) is 6.02.